The van der Waals surface area contributed by atoms with Gasteiger partial charge in [0, 0.05) is 11.1 Å². The number of rotatable bonds is 3. The van der Waals surface area contributed by atoms with Crippen molar-refractivity contribution in [1.82, 2.24) is 20.0 Å². The van der Waals surface area contributed by atoms with Crippen LogP contribution in [-0.2, 0) is 0 Å². The Hall–Kier alpha value is -2.28. The molecule has 1 aromatic carbocycles. The normalized spacial score (nSPS) is 12.7. The molecule has 0 aliphatic rings. The van der Waals surface area contributed by atoms with Gasteiger partial charge in [-0.1, -0.05) is 11.3 Å². The molecule has 1 atom stereocenters. The number of carboxylic acids is 1. The highest BCUT2D eigenvalue weighted by molar-refractivity contribution is 7.11. The van der Waals surface area contributed by atoms with E-state index < -0.39 is 5.97 Å². The third-order valence-corrected chi connectivity index (χ3v) is 4.18. The summed E-state index contributed by atoms with van der Waals surface area (Å²) in [5.74, 6) is -1.000. The molecule has 0 aliphatic carbocycles. The lowest BCUT2D eigenvalue weighted by molar-refractivity contribution is 0.0699. The highest BCUT2D eigenvalue weighted by Gasteiger charge is 2.19. The zero-order valence-electron chi connectivity index (χ0n) is 10.9. The summed E-state index contributed by atoms with van der Waals surface area (Å²) in [5.41, 5.74) is 1.27. The van der Waals surface area contributed by atoms with Crippen LogP contribution in [0.15, 0.2) is 24.4 Å². The molecule has 1 unspecified atom stereocenters. The number of aromatic nitrogens is 4. The number of nitrogens with zero attached hydrogens (tertiary/aromatic N) is 4. The molecule has 2 heterocycles. The summed E-state index contributed by atoms with van der Waals surface area (Å²) in [6, 6.07) is 4.97. The van der Waals surface area contributed by atoms with Gasteiger partial charge >= 0.3 is 5.97 Å². The summed E-state index contributed by atoms with van der Waals surface area (Å²) in [6.07, 6.45) is 1.82. The maximum absolute atomic E-state index is 11.2. The average molecular weight is 288 g/mol. The zero-order chi connectivity index (χ0) is 14.3. The molecule has 0 spiro atoms. The molecule has 0 amide bonds. The minimum atomic E-state index is -1.000. The molecule has 102 valence electrons. The fraction of sp³-hybridized carbons (Fsp3) is 0.231. The molecule has 1 N–H and O–H groups in total. The van der Waals surface area contributed by atoms with Crippen LogP contribution in [0.2, 0.25) is 0 Å². The molecule has 0 radical (unpaired) electrons. The van der Waals surface area contributed by atoms with Crippen molar-refractivity contribution >= 4 is 28.3 Å². The Morgan fingerprint density at radius 3 is 2.90 bits per heavy atom. The quantitative estimate of drug-likeness (QED) is 0.801. The Morgan fingerprint density at radius 1 is 1.45 bits per heavy atom. The topological polar surface area (TPSA) is 80.9 Å². The SMILES string of the molecule is Cc1cnc(C(C)n2nnc3c(C(=O)O)cccc32)s1. The van der Waals surface area contributed by atoms with Crippen LogP contribution in [0.4, 0.5) is 0 Å². The lowest BCUT2D eigenvalue weighted by Gasteiger charge is -2.09. The number of aromatic carboxylic acids is 1. The molecule has 3 rings (SSSR count). The van der Waals surface area contributed by atoms with Crippen molar-refractivity contribution in [2.75, 3.05) is 0 Å². The molecule has 0 bridgehead atoms. The monoisotopic (exact) mass is 288 g/mol. The number of carbonyl (C=O) groups is 1. The van der Waals surface area contributed by atoms with Crippen molar-refractivity contribution in [3.63, 3.8) is 0 Å². The number of aryl methyl sites for hydroxylation is 1. The Kier molecular flexibility index (Phi) is 2.98. The van der Waals surface area contributed by atoms with E-state index in [9.17, 15) is 4.79 Å². The highest BCUT2D eigenvalue weighted by atomic mass is 32.1. The van der Waals surface area contributed by atoms with E-state index in [0.29, 0.717) is 11.0 Å². The molecular formula is C13H12N4O2S. The molecule has 7 heteroatoms. The molecule has 0 saturated carbocycles. The number of fused-ring (bicyclic) bond motifs is 1. The van der Waals surface area contributed by atoms with E-state index in [1.54, 1.807) is 22.1 Å². The first-order valence-electron chi connectivity index (χ1n) is 6.07. The van der Waals surface area contributed by atoms with E-state index in [0.717, 1.165) is 9.88 Å². The van der Waals surface area contributed by atoms with Crippen molar-refractivity contribution in [3.8, 4) is 0 Å². The van der Waals surface area contributed by atoms with E-state index in [-0.39, 0.29) is 11.6 Å². The van der Waals surface area contributed by atoms with Crippen LogP contribution in [0.3, 0.4) is 0 Å². The summed E-state index contributed by atoms with van der Waals surface area (Å²) in [5, 5.41) is 18.2. The van der Waals surface area contributed by atoms with Crippen molar-refractivity contribution in [2.24, 2.45) is 0 Å². The molecule has 6 nitrogen and oxygen atoms in total. The van der Waals surface area contributed by atoms with Crippen LogP contribution in [0.5, 0.6) is 0 Å². The van der Waals surface area contributed by atoms with Crippen LogP contribution in [-0.4, -0.2) is 31.1 Å². The van der Waals surface area contributed by atoms with Gasteiger partial charge in [-0.05, 0) is 26.0 Å². The summed E-state index contributed by atoms with van der Waals surface area (Å²) in [4.78, 5) is 16.7. The third-order valence-electron chi connectivity index (χ3n) is 3.10. The highest BCUT2D eigenvalue weighted by Crippen LogP contribution is 2.26. The van der Waals surface area contributed by atoms with Gasteiger partial charge in [-0.15, -0.1) is 16.4 Å². The van der Waals surface area contributed by atoms with Gasteiger partial charge in [-0.3, -0.25) is 0 Å². The van der Waals surface area contributed by atoms with Crippen LogP contribution in [0.25, 0.3) is 11.0 Å². The van der Waals surface area contributed by atoms with E-state index >= 15 is 0 Å². The standard InChI is InChI=1S/C13H12N4O2S/c1-7-6-14-12(20-7)8(2)17-10-5-3-4-9(13(18)19)11(10)15-16-17/h3-6,8H,1-2H3,(H,18,19). The number of hydrogen-bond acceptors (Lipinski definition) is 5. The van der Waals surface area contributed by atoms with Gasteiger partial charge < -0.3 is 5.11 Å². The van der Waals surface area contributed by atoms with Crippen LogP contribution < -0.4 is 0 Å². The first kappa shape index (κ1) is 12.7. The van der Waals surface area contributed by atoms with E-state index in [4.69, 9.17) is 5.11 Å². The molecule has 0 aliphatic heterocycles. The van der Waals surface area contributed by atoms with Gasteiger partial charge in [0.2, 0.25) is 0 Å². The van der Waals surface area contributed by atoms with Gasteiger partial charge in [0.05, 0.1) is 11.1 Å². The van der Waals surface area contributed by atoms with Gasteiger partial charge in [-0.25, -0.2) is 14.5 Å². The van der Waals surface area contributed by atoms with Gasteiger partial charge in [0.25, 0.3) is 0 Å². The van der Waals surface area contributed by atoms with Gasteiger partial charge in [-0.2, -0.15) is 0 Å². The fourth-order valence-electron chi connectivity index (χ4n) is 2.09. The Bertz CT molecular complexity index is 793. The van der Waals surface area contributed by atoms with E-state index in [2.05, 4.69) is 15.3 Å². The van der Waals surface area contributed by atoms with E-state index in [1.807, 2.05) is 26.1 Å². The summed E-state index contributed by atoms with van der Waals surface area (Å²) in [7, 11) is 0. The number of thiazole rings is 1. The first-order valence-corrected chi connectivity index (χ1v) is 6.89. The predicted octanol–water partition coefficient (Wildman–Crippen LogP) is 2.50. The second kappa shape index (κ2) is 4.68. The van der Waals surface area contributed by atoms with Crippen molar-refractivity contribution in [1.29, 1.82) is 0 Å². The molecule has 20 heavy (non-hydrogen) atoms. The van der Waals surface area contributed by atoms with E-state index in [1.165, 1.54) is 6.07 Å². The minimum absolute atomic E-state index is 0.0808. The summed E-state index contributed by atoms with van der Waals surface area (Å²) < 4.78 is 1.71. The Balaban J connectivity index is 2.13. The second-order valence-electron chi connectivity index (χ2n) is 4.50. The van der Waals surface area contributed by atoms with Crippen molar-refractivity contribution in [2.45, 2.75) is 19.9 Å². The van der Waals surface area contributed by atoms with Crippen molar-refractivity contribution in [3.05, 3.63) is 39.8 Å². The second-order valence-corrected chi connectivity index (χ2v) is 5.76. The van der Waals surface area contributed by atoms with Crippen LogP contribution in [0, 0.1) is 6.92 Å². The fourth-order valence-corrected chi connectivity index (χ4v) is 2.90. The smallest absolute Gasteiger partial charge is 0.338 e. The molecule has 3 aromatic rings. The summed E-state index contributed by atoms with van der Waals surface area (Å²) in [6.45, 7) is 3.97. The van der Waals surface area contributed by atoms with Gasteiger partial charge in [0.1, 0.15) is 16.6 Å². The van der Waals surface area contributed by atoms with Crippen LogP contribution in [0.1, 0.15) is 33.2 Å². The zero-order valence-corrected chi connectivity index (χ0v) is 11.8. The maximum Gasteiger partial charge on any atom is 0.338 e. The Morgan fingerprint density at radius 2 is 2.25 bits per heavy atom. The number of hydrogen-bond donors (Lipinski definition) is 1. The molecular weight excluding hydrogens is 276 g/mol. The number of carboxylic acid groups (broad SMARTS) is 1. The van der Waals surface area contributed by atoms with Crippen LogP contribution >= 0.6 is 11.3 Å². The van der Waals surface area contributed by atoms with Gasteiger partial charge in [0.15, 0.2) is 0 Å². The Labute approximate surface area is 118 Å². The largest absolute Gasteiger partial charge is 0.478 e. The summed E-state index contributed by atoms with van der Waals surface area (Å²) >= 11 is 1.60. The molecule has 0 fully saturated rings. The predicted molar refractivity (Wildman–Crippen MR) is 75.2 cm³/mol. The first-order chi connectivity index (χ1) is 9.58. The third kappa shape index (κ3) is 1.96. The minimum Gasteiger partial charge on any atom is -0.478 e. The molecule has 0 saturated heterocycles. The molecule has 2 aromatic heterocycles. The lowest BCUT2D eigenvalue weighted by atomic mass is 10.2. The lowest BCUT2D eigenvalue weighted by Crippen LogP contribution is -2.08. The average Bonchev–Trinajstić information content (AvgIpc) is 3.03. The number of benzene rings is 1. The maximum atomic E-state index is 11.2. The van der Waals surface area contributed by atoms with Crippen molar-refractivity contribution < 1.29 is 9.90 Å².